The number of halogens is 1. The number of aliphatic imine (C=N–C) groups is 1. The van der Waals surface area contributed by atoms with Crippen molar-refractivity contribution in [3.8, 4) is 17.2 Å². The van der Waals surface area contributed by atoms with E-state index in [4.69, 9.17) is 9.15 Å². The number of allylic oxidation sites excluding steroid dienone is 3. The van der Waals surface area contributed by atoms with Crippen LogP contribution in [0.15, 0.2) is 87.3 Å². The molecule has 0 spiro atoms. The first-order valence-electron chi connectivity index (χ1n) is 15.9. The van der Waals surface area contributed by atoms with E-state index in [-0.39, 0.29) is 22.4 Å². The lowest BCUT2D eigenvalue weighted by Gasteiger charge is -2.27. The highest BCUT2D eigenvalue weighted by Gasteiger charge is 2.30. The molecule has 0 saturated carbocycles. The predicted molar refractivity (Wildman–Crippen MR) is 185 cm³/mol. The number of rotatable bonds is 10. The monoisotopic (exact) mass is 633 g/mol. The lowest BCUT2D eigenvalue weighted by Crippen LogP contribution is -2.33. The van der Waals surface area contributed by atoms with Crippen LogP contribution in [0.5, 0.6) is 11.5 Å². The number of nitrogens with zero attached hydrogens (tertiary/aromatic N) is 4. The van der Waals surface area contributed by atoms with Gasteiger partial charge in [0, 0.05) is 67.9 Å². The number of nitrogens with one attached hydrogen (secondary N) is 1. The first-order valence-corrected chi connectivity index (χ1v) is 15.9. The second-order valence-electron chi connectivity index (χ2n) is 12.3. The van der Waals surface area contributed by atoms with Gasteiger partial charge in [0.15, 0.2) is 17.3 Å². The zero-order valence-corrected chi connectivity index (χ0v) is 26.7. The van der Waals surface area contributed by atoms with E-state index >= 15 is 4.39 Å². The van der Waals surface area contributed by atoms with E-state index in [2.05, 4.69) is 15.2 Å². The van der Waals surface area contributed by atoms with Crippen LogP contribution in [0, 0.1) is 5.82 Å². The molecule has 2 aliphatic rings. The van der Waals surface area contributed by atoms with Crippen LogP contribution in [0.4, 0.5) is 10.1 Å². The highest BCUT2D eigenvalue weighted by atomic mass is 19.1. The number of unbranched alkanes of at least 4 members (excludes halogenated alkanes) is 1. The smallest absolute Gasteiger partial charge is 0.259 e. The molecule has 47 heavy (non-hydrogen) atoms. The largest absolute Gasteiger partial charge is 0.456 e. The average molecular weight is 634 g/mol. The van der Waals surface area contributed by atoms with Crippen molar-refractivity contribution in [2.75, 3.05) is 46.1 Å². The zero-order valence-electron chi connectivity index (χ0n) is 26.7. The minimum Gasteiger partial charge on any atom is -0.456 e. The Morgan fingerprint density at radius 2 is 1.87 bits per heavy atom. The molecule has 10 heteroatoms. The molecule has 3 aromatic carbocycles. The number of aromatic nitrogens is 1. The molecule has 2 aromatic heterocycles. The number of amides is 1. The lowest BCUT2D eigenvalue weighted by molar-refractivity contribution is 0.0797. The van der Waals surface area contributed by atoms with Crippen molar-refractivity contribution in [3.63, 3.8) is 0 Å². The van der Waals surface area contributed by atoms with Gasteiger partial charge in [0.25, 0.3) is 5.91 Å². The van der Waals surface area contributed by atoms with Crippen LogP contribution < -0.4 is 15.5 Å². The van der Waals surface area contributed by atoms with Gasteiger partial charge in [-0.1, -0.05) is 30.4 Å². The number of para-hydroxylation sites is 1. The standard InChI is InChI=1S/C37H36FN5O4/c1-41(2)17-10-9-16-40-33-28(38)19-26-34-36(33)47-32-20-25-24-12-6-7-13-30(24)46-31(25)21-29(32)43(34)22-27(35(26)44)37(45)42(3)18-14-23-11-5-4-8-15-39-23/h4-8,12-13,15,19-22,40H,9-11,14,16-18H2,1-3H3. The topological polar surface area (TPSA) is 92.3 Å². The third kappa shape index (κ3) is 5.69. The Hall–Kier alpha value is -5.22. The first-order chi connectivity index (χ1) is 22.8. The molecule has 0 atom stereocenters. The third-order valence-electron chi connectivity index (χ3n) is 8.72. The Morgan fingerprint density at radius 1 is 1.02 bits per heavy atom. The van der Waals surface area contributed by atoms with Gasteiger partial charge in [-0.3, -0.25) is 14.6 Å². The van der Waals surface area contributed by atoms with Crippen LogP contribution in [0.2, 0.25) is 0 Å². The summed E-state index contributed by atoms with van der Waals surface area (Å²) in [5, 5.41) is 5.06. The number of carbonyl (C=O) groups excluding carboxylic acids is 1. The number of anilines is 1. The van der Waals surface area contributed by atoms with Crippen molar-refractivity contribution in [3.05, 3.63) is 94.7 Å². The summed E-state index contributed by atoms with van der Waals surface area (Å²) in [6, 6.07) is 12.7. The normalized spacial score (nSPS) is 13.6. The molecule has 1 N–H and O–H groups in total. The highest BCUT2D eigenvalue weighted by molar-refractivity contribution is 6.07. The van der Waals surface area contributed by atoms with Crippen molar-refractivity contribution >= 4 is 50.1 Å². The SMILES string of the molecule is CN(C)CCCCNc1c(F)cc2c(=O)c(C(=O)N(C)CCC3=NC=CC=CC3)cn3c2c1Oc1cc2c(cc1-3)oc1ccccc12. The molecule has 4 heterocycles. The van der Waals surface area contributed by atoms with Gasteiger partial charge in [-0.15, -0.1) is 0 Å². The second kappa shape index (κ2) is 12.5. The van der Waals surface area contributed by atoms with Gasteiger partial charge in [-0.2, -0.15) is 0 Å². The first kappa shape index (κ1) is 30.4. The zero-order chi connectivity index (χ0) is 32.7. The summed E-state index contributed by atoms with van der Waals surface area (Å²) in [5.41, 5.74) is 2.83. The molecule has 0 saturated heterocycles. The number of carbonyl (C=O) groups is 1. The summed E-state index contributed by atoms with van der Waals surface area (Å²) in [5.74, 6) is -0.400. The summed E-state index contributed by atoms with van der Waals surface area (Å²) in [6.45, 7) is 1.81. The van der Waals surface area contributed by atoms with Crippen molar-refractivity contribution in [1.82, 2.24) is 14.4 Å². The molecule has 0 radical (unpaired) electrons. The van der Waals surface area contributed by atoms with Crippen molar-refractivity contribution in [2.45, 2.75) is 25.7 Å². The Kier molecular flexibility index (Phi) is 8.11. The van der Waals surface area contributed by atoms with Crippen LogP contribution in [0.1, 0.15) is 36.0 Å². The van der Waals surface area contributed by atoms with Gasteiger partial charge in [-0.25, -0.2) is 4.39 Å². The second-order valence-corrected chi connectivity index (χ2v) is 12.3. The van der Waals surface area contributed by atoms with Gasteiger partial charge in [-0.05, 0) is 57.8 Å². The highest BCUT2D eigenvalue weighted by Crippen LogP contribution is 2.47. The van der Waals surface area contributed by atoms with E-state index in [9.17, 15) is 9.59 Å². The molecule has 0 aliphatic carbocycles. The van der Waals surface area contributed by atoms with Crippen molar-refractivity contribution < 1.29 is 18.3 Å². The van der Waals surface area contributed by atoms with Crippen LogP contribution in [-0.4, -0.2) is 66.8 Å². The molecule has 0 bridgehead atoms. The molecular formula is C37H36FN5O4. The Bertz CT molecular complexity index is 2190. The Morgan fingerprint density at radius 3 is 2.72 bits per heavy atom. The number of ether oxygens (including phenoxy) is 1. The summed E-state index contributed by atoms with van der Waals surface area (Å²) in [4.78, 5) is 35.9. The number of furan rings is 1. The molecule has 7 rings (SSSR count). The molecule has 0 unspecified atom stereocenters. The lowest BCUT2D eigenvalue weighted by atomic mass is 10.0. The van der Waals surface area contributed by atoms with Crippen LogP contribution in [-0.2, 0) is 0 Å². The number of pyridine rings is 1. The van der Waals surface area contributed by atoms with E-state index < -0.39 is 17.2 Å². The minimum atomic E-state index is -0.618. The Balaban J connectivity index is 1.33. The summed E-state index contributed by atoms with van der Waals surface area (Å²) in [6.07, 6.45) is 12.1. The van der Waals surface area contributed by atoms with Gasteiger partial charge in [0.1, 0.15) is 27.9 Å². The Labute approximate surface area is 271 Å². The van der Waals surface area contributed by atoms with E-state index in [1.54, 1.807) is 24.0 Å². The molecule has 240 valence electrons. The average Bonchev–Trinajstić information content (AvgIpc) is 3.21. The fraction of sp³-hybridized carbons (Fsp3) is 0.270. The maximum Gasteiger partial charge on any atom is 0.259 e. The number of hydrogen-bond acceptors (Lipinski definition) is 7. The molecule has 9 nitrogen and oxygen atoms in total. The van der Waals surface area contributed by atoms with E-state index in [1.165, 1.54) is 11.0 Å². The van der Waals surface area contributed by atoms with Crippen LogP contribution >= 0.6 is 0 Å². The fourth-order valence-electron chi connectivity index (χ4n) is 6.22. The molecule has 2 aliphatic heterocycles. The fourth-order valence-corrected chi connectivity index (χ4v) is 6.22. The molecule has 1 amide bonds. The maximum absolute atomic E-state index is 15.9. The van der Waals surface area contributed by atoms with Gasteiger partial charge in [0.05, 0.1) is 11.1 Å². The van der Waals surface area contributed by atoms with Gasteiger partial charge >= 0.3 is 0 Å². The maximum atomic E-state index is 15.9. The van der Waals surface area contributed by atoms with Crippen molar-refractivity contribution in [1.29, 1.82) is 0 Å². The summed E-state index contributed by atoms with van der Waals surface area (Å²) < 4.78 is 30.4. The number of hydrogen-bond donors (Lipinski definition) is 1. The minimum absolute atomic E-state index is 0.0603. The number of benzene rings is 3. The predicted octanol–water partition coefficient (Wildman–Crippen LogP) is 7.27. The molecular weight excluding hydrogens is 597 g/mol. The van der Waals surface area contributed by atoms with Gasteiger partial charge < -0.3 is 28.8 Å². The third-order valence-corrected chi connectivity index (χ3v) is 8.72. The van der Waals surface area contributed by atoms with Crippen LogP contribution in [0.25, 0.3) is 38.5 Å². The van der Waals surface area contributed by atoms with Gasteiger partial charge in [0.2, 0.25) is 5.43 Å². The summed E-state index contributed by atoms with van der Waals surface area (Å²) in [7, 11) is 5.70. The molecule has 0 fully saturated rings. The van der Waals surface area contributed by atoms with E-state index in [1.807, 2.05) is 68.7 Å². The van der Waals surface area contributed by atoms with E-state index in [0.717, 1.165) is 41.5 Å². The van der Waals surface area contributed by atoms with Crippen molar-refractivity contribution in [2.24, 2.45) is 4.99 Å². The number of fused-ring (bicyclic) bond motifs is 5. The molecule has 5 aromatic rings. The van der Waals surface area contributed by atoms with E-state index in [0.29, 0.717) is 48.5 Å². The van der Waals surface area contributed by atoms with Crippen LogP contribution in [0.3, 0.4) is 0 Å². The quantitative estimate of drug-likeness (QED) is 0.160. The summed E-state index contributed by atoms with van der Waals surface area (Å²) >= 11 is 0.